The molecule has 1 aliphatic heterocycles. The molecular weight excluding hydrogens is 354 g/mol. The highest BCUT2D eigenvalue weighted by Crippen LogP contribution is 2.58. The number of aliphatic hydroxyl groups is 1. The highest BCUT2D eigenvalue weighted by molar-refractivity contribution is 5.87. The first-order chi connectivity index (χ1) is 13.1. The van der Waals surface area contributed by atoms with Crippen LogP contribution < -0.4 is 4.90 Å². The van der Waals surface area contributed by atoms with Gasteiger partial charge in [-0.15, -0.1) is 0 Å². The minimum absolute atomic E-state index is 0.0530. The van der Waals surface area contributed by atoms with Crippen molar-refractivity contribution in [1.82, 2.24) is 19.9 Å². The van der Waals surface area contributed by atoms with Crippen molar-refractivity contribution in [2.75, 3.05) is 31.6 Å². The zero-order chi connectivity index (χ0) is 20.3. The van der Waals surface area contributed by atoms with Gasteiger partial charge < -0.3 is 19.9 Å². The van der Waals surface area contributed by atoms with Gasteiger partial charge in [0.25, 0.3) is 0 Å². The third kappa shape index (κ3) is 2.70. The van der Waals surface area contributed by atoms with Gasteiger partial charge in [-0.25, -0.2) is 9.97 Å². The molecule has 1 saturated carbocycles. The quantitative estimate of drug-likeness (QED) is 0.844. The average Bonchev–Trinajstić information content (AvgIpc) is 3.29. The first-order valence-corrected chi connectivity index (χ1v) is 10.0. The zero-order valence-electron chi connectivity index (χ0n) is 17.5. The number of aromatic amines is 1. The summed E-state index contributed by atoms with van der Waals surface area (Å²) in [7, 11) is 2.12. The van der Waals surface area contributed by atoms with Gasteiger partial charge in [-0.3, -0.25) is 4.79 Å². The highest BCUT2D eigenvalue weighted by Gasteiger charge is 2.60. The Bertz CT molecular complexity index is 889. The van der Waals surface area contributed by atoms with E-state index in [1.807, 2.05) is 31.0 Å². The number of carbonyl (C=O) groups excluding carboxylic acids is 1. The number of amides is 1. The maximum atomic E-state index is 12.9. The fourth-order valence-electron chi connectivity index (χ4n) is 5.24. The number of likely N-dealkylation sites (tertiary alicyclic amines) is 1. The van der Waals surface area contributed by atoms with Gasteiger partial charge in [0, 0.05) is 32.4 Å². The maximum absolute atomic E-state index is 12.9. The fraction of sp³-hybridized carbons (Fsp3) is 0.667. The highest BCUT2D eigenvalue weighted by atomic mass is 16.3. The van der Waals surface area contributed by atoms with Crippen LogP contribution in [0.5, 0.6) is 0 Å². The summed E-state index contributed by atoms with van der Waals surface area (Å²) in [5.41, 5.74) is 0.243. The molecule has 7 heteroatoms. The molecule has 3 atom stereocenters. The average molecular weight is 386 g/mol. The van der Waals surface area contributed by atoms with Crippen LogP contribution in [-0.2, 0) is 4.79 Å². The minimum Gasteiger partial charge on any atom is -0.395 e. The van der Waals surface area contributed by atoms with Crippen LogP contribution in [0, 0.1) is 16.2 Å². The molecule has 2 aliphatic rings. The molecule has 1 aliphatic carbocycles. The second kappa shape index (κ2) is 6.17. The molecule has 0 unspecified atom stereocenters. The number of aromatic nitrogens is 3. The third-order valence-electron chi connectivity index (χ3n) is 7.39. The van der Waals surface area contributed by atoms with Crippen molar-refractivity contribution in [3.63, 3.8) is 0 Å². The summed E-state index contributed by atoms with van der Waals surface area (Å²) in [4.78, 5) is 29.2. The SMILES string of the molecule is CN(c1ncnc2[nH]ccc12)[C@@H]1C[C@@]2(C)CN(C(=O)C(C)(C)CO)C[C@@]2(C)C1. The number of fused-ring (bicyclic) bond motifs is 2. The van der Waals surface area contributed by atoms with Gasteiger partial charge in [-0.2, -0.15) is 0 Å². The first kappa shape index (κ1) is 19.2. The standard InChI is InChI=1S/C21H31N5O2/c1-19(2,12-27)18(28)26-10-20(3)8-14(9-21(20,4)11-26)25(5)17-15-6-7-22-16(15)23-13-24-17/h6-7,13-14,27H,8-12H2,1-5H3,(H,22,23,24)/t14-,20+,21-. The number of aliphatic hydroxyl groups excluding tert-OH is 1. The smallest absolute Gasteiger partial charge is 0.230 e. The fourth-order valence-corrected chi connectivity index (χ4v) is 5.24. The molecule has 2 aromatic rings. The Morgan fingerprint density at radius 3 is 2.57 bits per heavy atom. The Morgan fingerprint density at radius 1 is 1.32 bits per heavy atom. The number of H-pyrrole nitrogens is 1. The molecule has 0 aromatic carbocycles. The number of anilines is 1. The van der Waals surface area contributed by atoms with E-state index < -0.39 is 5.41 Å². The molecule has 0 radical (unpaired) electrons. The van der Waals surface area contributed by atoms with E-state index in [2.05, 4.69) is 40.7 Å². The van der Waals surface area contributed by atoms with Gasteiger partial charge in [-0.1, -0.05) is 13.8 Å². The van der Waals surface area contributed by atoms with Crippen LogP contribution in [0.15, 0.2) is 18.6 Å². The van der Waals surface area contributed by atoms with Crippen molar-refractivity contribution in [2.24, 2.45) is 16.2 Å². The molecule has 7 nitrogen and oxygen atoms in total. The van der Waals surface area contributed by atoms with Crippen LogP contribution in [0.4, 0.5) is 5.82 Å². The van der Waals surface area contributed by atoms with Gasteiger partial charge in [0.1, 0.15) is 17.8 Å². The monoisotopic (exact) mass is 385 g/mol. The van der Waals surface area contributed by atoms with Crippen LogP contribution in [0.2, 0.25) is 0 Å². The summed E-state index contributed by atoms with van der Waals surface area (Å²) in [6.07, 6.45) is 5.54. The molecule has 0 bridgehead atoms. The zero-order valence-corrected chi connectivity index (χ0v) is 17.5. The lowest BCUT2D eigenvalue weighted by atomic mass is 9.71. The van der Waals surface area contributed by atoms with Crippen LogP contribution in [0.25, 0.3) is 11.0 Å². The second-order valence-electron chi connectivity index (χ2n) is 9.93. The second-order valence-corrected chi connectivity index (χ2v) is 9.93. The van der Waals surface area contributed by atoms with Crippen molar-refractivity contribution >= 4 is 22.8 Å². The van der Waals surface area contributed by atoms with Crippen molar-refractivity contribution in [3.05, 3.63) is 18.6 Å². The van der Waals surface area contributed by atoms with E-state index >= 15 is 0 Å². The van der Waals surface area contributed by atoms with Gasteiger partial charge in [-0.05, 0) is 43.6 Å². The number of nitrogens with zero attached hydrogens (tertiary/aromatic N) is 4. The molecule has 2 N–H and O–H groups in total. The van der Waals surface area contributed by atoms with E-state index in [0.717, 1.165) is 42.8 Å². The number of hydrogen-bond donors (Lipinski definition) is 2. The van der Waals surface area contributed by atoms with Gasteiger partial charge in [0.2, 0.25) is 5.91 Å². The topological polar surface area (TPSA) is 85.4 Å². The lowest BCUT2D eigenvalue weighted by Gasteiger charge is -2.32. The predicted molar refractivity (Wildman–Crippen MR) is 109 cm³/mol. The van der Waals surface area contributed by atoms with Crippen LogP contribution in [0.1, 0.15) is 40.5 Å². The Hall–Kier alpha value is -2.15. The predicted octanol–water partition coefficient (Wildman–Crippen LogP) is 2.43. The van der Waals surface area contributed by atoms with Crippen molar-refractivity contribution in [1.29, 1.82) is 0 Å². The maximum Gasteiger partial charge on any atom is 0.230 e. The molecule has 3 heterocycles. The molecule has 1 amide bonds. The number of nitrogens with one attached hydrogen (secondary N) is 1. The van der Waals surface area contributed by atoms with Crippen molar-refractivity contribution in [2.45, 2.75) is 46.6 Å². The molecule has 0 spiro atoms. The van der Waals surface area contributed by atoms with Gasteiger partial charge >= 0.3 is 0 Å². The Kier molecular flexibility index (Phi) is 4.23. The summed E-state index contributed by atoms with van der Waals surface area (Å²) in [5.74, 6) is 1.01. The number of rotatable bonds is 4. The van der Waals surface area contributed by atoms with Crippen LogP contribution in [-0.4, -0.2) is 63.7 Å². The van der Waals surface area contributed by atoms with E-state index in [9.17, 15) is 9.90 Å². The van der Waals surface area contributed by atoms with Crippen LogP contribution >= 0.6 is 0 Å². The van der Waals surface area contributed by atoms with Gasteiger partial charge in [0.15, 0.2) is 0 Å². The summed E-state index contributed by atoms with van der Waals surface area (Å²) in [6, 6.07) is 2.39. The van der Waals surface area contributed by atoms with E-state index in [1.54, 1.807) is 6.33 Å². The molecule has 28 heavy (non-hydrogen) atoms. The largest absolute Gasteiger partial charge is 0.395 e. The van der Waals surface area contributed by atoms with Crippen molar-refractivity contribution < 1.29 is 9.90 Å². The molecule has 152 valence electrons. The van der Waals surface area contributed by atoms with Crippen molar-refractivity contribution in [3.8, 4) is 0 Å². The molecule has 2 fully saturated rings. The first-order valence-electron chi connectivity index (χ1n) is 10.0. The molecule has 4 rings (SSSR count). The van der Waals surface area contributed by atoms with E-state index in [-0.39, 0.29) is 23.3 Å². The lowest BCUT2D eigenvalue weighted by molar-refractivity contribution is -0.142. The molecule has 1 saturated heterocycles. The Morgan fingerprint density at radius 2 is 1.96 bits per heavy atom. The van der Waals surface area contributed by atoms with E-state index in [4.69, 9.17) is 0 Å². The molecule has 2 aromatic heterocycles. The van der Waals surface area contributed by atoms with Crippen LogP contribution in [0.3, 0.4) is 0 Å². The van der Waals surface area contributed by atoms with E-state index in [0.29, 0.717) is 6.04 Å². The summed E-state index contributed by atoms with van der Waals surface area (Å²) < 4.78 is 0. The minimum atomic E-state index is -0.720. The summed E-state index contributed by atoms with van der Waals surface area (Å²) in [5, 5.41) is 10.6. The molecular formula is C21H31N5O2. The third-order valence-corrected chi connectivity index (χ3v) is 7.39. The van der Waals surface area contributed by atoms with E-state index in [1.165, 1.54) is 0 Å². The summed E-state index contributed by atoms with van der Waals surface area (Å²) >= 11 is 0. The number of hydrogen-bond acceptors (Lipinski definition) is 5. The Labute approximate surface area is 166 Å². The lowest BCUT2D eigenvalue weighted by Crippen LogP contribution is -2.43. The normalized spacial score (nSPS) is 30.1. The Balaban J connectivity index is 1.56. The van der Waals surface area contributed by atoms with Gasteiger partial charge in [0.05, 0.1) is 17.4 Å². The summed E-state index contributed by atoms with van der Waals surface area (Å²) in [6.45, 7) is 9.64. The number of carbonyl (C=O) groups is 1.